The van der Waals surface area contributed by atoms with Gasteiger partial charge < -0.3 is 10.6 Å². The molecule has 0 saturated carbocycles. The molecule has 2 atom stereocenters. The molecular weight excluding hydrogens is 397 g/mol. The van der Waals surface area contributed by atoms with Crippen molar-refractivity contribution in [1.29, 1.82) is 0 Å². The van der Waals surface area contributed by atoms with Gasteiger partial charge in [0.1, 0.15) is 17.9 Å². The van der Waals surface area contributed by atoms with Crippen molar-refractivity contribution >= 4 is 28.6 Å². The van der Waals surface area contributed by atoms with Gasteiger partial charge in [-0.25, -0.2) is 9.18 Å². The Kier molecular flexibility index (Phi) is 5.19. The van der Waals surface area contributed by atoms with Crippen molar-refractivity contribution in [3.8, 4) is 0 Å². The van der Waals surface area contributed by atoms with E-state index in [-0.39, 0.29) is 5.82 Å². The van der Waals surface area contributed by atoms with E-state index in [0.29, 0.717) is 11.1 Å². The van der Waals surface area contributed by atoms with Gasteiger partial charge in [-0.05, 0) is 47.9 Å². The van der Waals surface area contributed by atoms with Gasteiger partial charge in [0.15, 0.2) is 0 Å². The third-order valence-electron chi connectivity index (χ3n) is 5.65. The Balaban J connectivity index is 1.53. The van der Waals surface area contributed by atoms with E-state index < -0.39 is 36.0 Å². The Morgan fingerprint density at radius 2 is 1.74 bits per heavy atom. The predicted molar refractivity (Wildman–Crippen MR) is 115 cm³/mol. The molecule has 1 heterocycles. The van der Waals surface area contributed by atoms with Crippen LogP contribution >= 0.6 is 0 Å². The Morgan fingerprint density at radius 3 is 2.48 bits per heavy atom. The zero-order chi connectivity index (χ0) is 22.2. The second-order valence-corrected chi connectivity index (χ2v) is 7.81. The van der Waals surface area contributed by atoms with E-state index in [4.69, 9.17) is 0 Å². The number of fused-ring (bicyclic) bond motifs is 1. The molecule has 7 heteroatoms. The van der Waals surface area contributed by atoms with E-state index in [0.717, 1.165) is 15.7 Å². The van der Waals surface area contributed by atoms with E-state index in [1.54, 1.807) is 32.0 Å². The number of nitrogens with one attached hydrogen (secondary N) is 2. The molecule has 0 bridgehead atoms. The molecule has 0 aromatic heterocycles. The molecule has 1 aliphatic rings. The fourth-order valence-electron chi connectivity index (χ4n) is 3.95. The first-order chi connectivity index (χ1) is 14.8. The molecule has 4 rings (SSSR count). The number of carbonyl (C=O) groups excluding carboxylic acids is 3. The van der Waals surface area contributed by atoms with E-state index in [9.17, 15) is 18.8 Å². The molecule has 3 aromatic rings. The lowest BCUT2D eigenvalue weighted by atomic mass is 9.88. The molecule has 4 amide bonds. The molecule has 1 fully saturated rings. The van der Waals surface area contributed by atoms with E-state index >= 15 is 0 Å². The van der Waals surface area contributed by atoms with Crippen LogP contribution in [-0.2, 0) is 15.1 Å². The van der Waals surface area contributed by atoms with Crippen LogP contribution in [0.25, 0.3) is 10.8 Å². The van der Waals surface area contributed by atoms with Gasteiger partial charge in [0.05, 0.1) is 6.04 Å². The van der Waals surface area contributed by atoms with Crippen LogP contribution in [0.4, 0.5) is 9.18 Å². The number of benzene rings is 3. The minimum Gasteiger partial charge on any atom is -0.348 e. The van der Waals surface area contributed by atoms with Crippen LogP contribution in [0.1, 0.15) is 31.0 Å². The summed E-state index contributed by atoms with van der Waals surface area (Å²) in [4.78, 5) is 39.3. The van der Waals surface area contributed by atoms with Gasteiger partial charge in [-0.1, -0.05) is 54.6 Å². The minimum absolute atomic E-state index is 0.366. The van der Waals surface area contributed by atoms with Crippen molar-refractivity contribution in [2.24, 2.45) is 0 Å². The molecule has 158 valence electrons. The highest BCUT2D eigenvalue weighted by Gasteiger charge is 2.50. The minimum atomic E-state index is -1.28. The molecule has 2 N–H and O–H groups in total. The third kappa shape index (κ3) is 3.74. The lowest BCUT2D eigenvalue weighted by molar-refractivity contribution is -0.135. The molecule has 0 unspecified atom stereocenters. The number of imide groups is 1. The highest BCUT2D eigenvalue weighted by atomic mass is 19.1. The fraction of sp³-hybridized carbons (Fsp3) is 0.208. The van der Waals surface area contributed by atoms with E-state index in [1.165, 1.54) is 12.1 Å². The quantitative estimate of drug-likeness (QED) is 0.620. The lowest BCUT2D eigenvalue weighted by Gasteiger charge is -2.24. The van der Waals surface area contributed by atoms with Gasteiger partial charge in [0, 0.05) is 0 Å². The highest BCUT2D eigenvalue weighted by molar-refractivity contribution is 6.10. The maximum Gasteiger partial charge on any atom is 0.325 e. The van der Waals surface area contributed by atoms with Crippen molar-refractivity contribution in [3.63, 3.8) is 0 Å². The molecule has 0 aliphatic carbocycles. The average molecular weight is 419 g/mol. The van der Waals surface area contributed by atoms with Gasteiger partial charge in [0.2, 0.25) is 5.91 Å². The summed E-state index contributed by atoms with van der Waals surface area (Å²) in [6.07, 6.45) is 0. The number of urea groups is 1. The number of hydrogen-bond acceptors (Lipinski definition) is 3. The number of carbonyl (C=O) groups is 3. The maximum atomic E-state index is 13.2. The molecular formula is C24H22FN3O3. The topological polar surface area (TPSA) is 78.5 Å². The number of hydrogen-bond donors (Lipinski definition) is 2. The van der Waals surface area contributed by atoms with Crippen LogP contribution in [0.5, 0.6) is 0 Å². The summed E-state index contributed by atoms with van der Waals surface area (Å²) in [5.74, 6) is -1.34. The summed E-state index contributed by atoms with van der Waals surface area (Å²) in [7, 11) is 0. The zero-order valence-corrected chi connectivity index (χ0v) is 17.2. The Morgan fingerprint density at radius 1 is 1.06 bits per heavy atom. The molecule has 31 heavy (non-hydrogen) atoms. The first-order valence-corrected chi connectivity index (χ1v) is 9.97. The van der Waals surface area contributed by atoms with Gasteiger partial charge >= 0.3 is 6.03 Å². The van der Waals surface area contributed by atoms with Crippen molar-refractivity contribution in [1.82, 2.24) is 15.5 Å². The SMILES string of the molecule is C[C@H](NC(=O)CN1C(=O)N[C@](C)(c2cccc3ccccc23)C1=O)c1ccc(F)cc1. The Labute approximate surface area is 179 Å². The lowest BCUT2D eigenvalue weighted by Crippen LogP contribution is -2.43. The van der Waals surface area contributed by atoms with Crippen LogP contribution in [0.15, 0.2) is 66.7 Å². The normalized spacial score (nSPS) is 19.4. The van der Waals surface area contributed by atoms with E-state index in [1.807, 2.05) is 36.4 Å². The molecule has 6 nitrogen and oxygen atoms in total. The van der Waals surface area contributed by atoms with Crippen molar-refractivity contribution < 1.29 is 18.8 Å². The van der Waals surface area contributed by atoms with Crippen LogP contribution < -0.4 is 10.6 Å². The summed E-state index contributed by atoms with van der Waals surface area (Å²) >= 11 is 0. The monoisotopic (exact) mass is 419 g/mol. The first kappa shape index (κ1) is 20.5. The molecule has 0 spiro atoms. The largest absolute Gasteiger partial charge is 0.348 e. The van der Waals surface area contributed by atoms with Crippen LogP contribution in [0.3, 0.4) is 0 Å². The summed E-state index contributed by atoms with van der Waals surface area (Å²) in [5.41, 5.74) is 0.111. The Bertz CT molecular complexity index is 1170. The second kappa shape index (κ2) is 7.83. The van der Waals surface area contributed by atoms with Gasteiger partial charge in [-0.3, -0.25) is 14.5 Å². The molecule has 1 aliphatic heterocycles. The number of rotatable bonds is 5. The average Bonchev–Trinajstić information content (AvgIpc) is 2.97. The predicted octanol–water partition coefficient (Wildman–Crippen LogP) is 3.62. The second-order valence-electron chi connectivity index (χ2n) is 7.81. The number of amides is 4. The van der Waals surface area contributed by atoms with Gasteiger partial charge in [-0.2, -0.15) is 0 Å². The maximum absolute atomic E-state index is 13.2. The molecule has 0 radical (unpaired) electrons. The highest BCUT2D eigenvalue weighted by Crippen LogP contribution is 2.33. The molecule has 3 aromatic carbocycles. The third-order valence-corrected chi connectivity index (χ3v) is 5.65. The van der Waals surface area contributed by atoms with Crippen molar-refractivity contribution in [2.75, 3.05) is 6.54 Å². The first-order valence-electron chi connectivity index (χ1n) is 9.97. The summed E-state index contributed by atoms with van der Waals surface area (Å²) in [6.45, 7) is 2.99. The van der Waals surface area contributed by atoms with Crippen molar-refractivity contribution in [2.45, 2.75) is 25.4 Å². The number of halogens is 1. The zero-order valence-electron chi connectivity index (χ0n) is 17.2. The Hall–Kier alpha value is -3.74. The van der Waals surface area contributed by atoms with Crippen LogP contribution in [-0.4, -0.2) is 29.3 Å². The van der Waals surface area contributed by atoms with Gasteiger partial charge in [0.25, 0.3) is 5.91 Å². The summed E-state index contributed by atoms with van der Waals surface area (Å²) in [5, 5.41) is 7.31. The fourth-order valence-corrected chi connectivity index (χ4v) is 3.95. The smallest absolute Gasteiger partial charge is 0.325 e. The number of nitrogens with zero attached hydrogens (tertiary/aromatic N) is 1. The van der Waals surface area contributed by atoms with Crippen LogP contribution in [0.2, 0.25) is 0 Å². The van der Waals surface area contributed by atoms with Crippen molar-refractivity contribution in [3.05, 3.63) is 83.7 Å². The van der Waals surface area contributed by atoms with Gasteiger partial charge in [-0.15, -0.1) is 0 Å². The standard InChI is InChI=1S/C24H22FN3O3/c1-15(16-10-12-18(25)13-11-16)26-21(29)14-28-22(30)24(2,27-23(28)31)20-9-5-7-17-6-3-4-8-19(17)20/h3-13,15H,14H2,1-2H3,(H,26,29)(H,27,31)/t15-,24+/m0/s1. The summed E-state index contributed by atoms with van der Waals surface area (Å²) in [6, 6.07) is 17.9. The van der Waals surface area contributed by atoms with E-state index in [2.05, 4.69) is 10.6 Å². The summed E-state index contributed by atoms with van der Waals surface area (Å²) < 4.78 is 13.1. The van der Waals surface area contributed by atoms with Crippen LogP contribution in [0, 0.1) is 5.82 Å². The molecule has 1 saturated heterocycles.